The van der Waals surface area contributed by atoms with Crippen molar-refractivity contribution < 1.29 is 0 Å². The number of hydrogen-bond acceptors (Lipinski definition) is 3. The van der Waals surface area contributed by atoms with E-state index in [-0.39, 0.29) is 0 Å². The summed E-state index contributed by atoms with van der Waals surface area (Å²) in [5.74, 6) is 0.589. The second-order valence-corrected chi connectivity index (χ2v) is 6.28. The Kier molecular flexibility index (Phi) is 5.28. The molecular formula is C16H22ClN3. The van der Waals surface area contributed by atoms with Crippen molar-refractivity contribution in [2.24, 2.45) is 5.92 Å². The van der Waals surface area contributed by atoms with Gasteiger partial charge in [-0.3, -0.25) is 0 Å². The lowest BCUT2D eigenvalue weighted by Crippen LogP contribution is -2.39. The van der Waals surface area contributed by atoms with E-state index in [1.165, 1.54) is 12.8 Å². The molecule has 0 radical (unpaired) electrons. The maximum absolute atomic E-state index is 8.97. The number of nitriles is 1. The molecule has 1 aromatic carbocycles. The van der Waals surface area contributed by atoms with Crippen molar-refractivity contribution in [1.29, 1.82) is 5.26 Å². The number of halogens is 1. The second-order valence-electron chi connectivity index (χ2n) is 5.87. The van der Waals surface area contributed by atoms with E-state index in [1.807, 2.05) is 18.2 Å². The molecule has 4 heteroatoms. The molecular weight excluding hydrogens is 270 g/mol. The van der Waals surface area contributed by atoms with E-state index in [0.29, 0.717) is 22.5 Å². The Bertz CT molecular complexity index is 487. The highest BCUT2D eigenvalue weighted by Gasteiger charge is 2.19. The van der Waals surface area contributed by atoms with Gasteiger partial charge in [0, 0.05) is 24.8 Å². The van der Waals surface area contributed by atoms with E-state index >= 15 is 0 Å². The minimum atomic E-state index is 0.540. The fraction of sp³-hybridized carbons (Fsp3) is 0.562. The number of benzene rings is 1. The van der Waals surface area contributed by atoms with Crippen LogP contribution in [-0.4, -0.2) is 25.7 Å². The van der Waals surface area contributed by atoms with Gasteiger partial charge in [-0.1, -0.05) is 25.4 Å². The third-order valence-corrected chi connectivity index (χ3v) is 3.94. The molecule has 0 amide bonds. The topological polar surface area (TPSA) is 39.1 Å². The average Bonchev–Trinajstić information content (AvgIpc) is 2.90. The van der Waals surface area contributed by atoms with Crippen molar-refractivity contribution in [3.05, 3.63) is 28.8 Å². The third kappa shape index (κ3) is 3.88. The van der Waals surface area contributed by atoms with Crippen LogP contribution in [0.25, 0.3) is 0 Å². The Morgan fingerprint density at radius 2 is 2.30 bits per heavy atom. The fourth-order valence-electron chi connectivity index (χ4n) is 2.70. The van der Waals surface area contributed by atoms with Crippen LogP contribution in [0.5, 0.6) is 0 Å². The molecule has 0 saturated carbocycles. The molecule has 1 heterocycles. The number of rotatable bonds is 5. The molecule has 0 aliphatic carbocycles. The molecule has 3 nitrogen and oxygen atoms in total. The summed E-state index contributed by atoms with van der Waals surface area (Å²) in [6, 6.07) is 8.40. The van der Waals surface area contributed by atoms with E-state index in [2.05, 4.69) is 30.1 Å². The van der Waals surface area contributed by atoms with E-state index in [0.717, 1.165) is 25.3 Å². The van der Waals surface area contributed by atoms with Crippen LogP contribution < -0.4 is 10.2 Å². The Labute approximate surface area is 126 Å². The van der Waals surface area contributed by atoms with Gasteiger partial charge in [0.2, 0.25) is 0 Å². The van der Waals surface area contributed by atoms with Crippen molar-refractivity contribution in [2.45, 2.75) is 32.7 Å². The van der Waals surface area contributed by atoms with Crippen LogP contribution >= 0.6 is 11.6 Å². The number of anilines is 1. The Morgan fingerprint density at radius 1 is 1.50 bits per heavy atom. The summed E-state index contributed by atoms with van der Waals surface area (Å²) >= 11 is 6.16. The summed E-state index contributed by atoms with van der Waals surface area (Å²) in [6.07, 6.45) is 2.49. The smallest absolute Gasteiger partial charge is 0.101 e. The van der Waals surface area contributed by atoms with Gasteiger partial charge in [-0.25, -0.2) is 0 Å². The average molecular weight is 292 g/mol. The van der Waals surface area contributed by atoms with Gasteiger partial charge in [-0.05, 0) is 43.5 Å². The predicted octanol–water partition coefficient (Wildman–Crippen LogP) is 3.43. The van der Waals surface area contributed by atoms with Gasteiger partial charge in [-0.2, -0.15) is 5.26 Å². The maximum Gasteiger partial charge on any atom is 0.101 e. The largest absolute Gasteiger partial charge is 0.370 e. The highest BCUT2D eigenvalue weighted by Crippen LogP contribution is 2.25. The standard InChI is InChI=1S/C16H22ClN3/c1-12(2)10-20(11-14-4-3-7-19-14)15-6-5-13(9-18)16(17)8-15/h5-6,8,12,14,19H,3-4,7,10-11H2,1-2H3. The summed E-state index contributed by atoms with van der Waals surface area (Å²) in [5.41, 5.74) is 1.65. The lowest BCUT2D eigenvalue weighted by molar-refractivity contribution is 0.541. The van der Waals surface area contributed by atoms with Crippen molar-refractivity contribution in [3.63, 3.8) is 0 Å². The molecule has 1 aliphatic heterocycles. The maximum atomic E-state index is 8.97. The van der Waals surface area contributed by atoms with Crippen LogP contribution in [0.1, 0.15) is 32.3 Å². The quantitative estimate of drug-likeness (QED) is 0.903. The second kappa shape index (κ2) is 6.97. The normalized spacial score (nSPS) is 18.2. The molecule has 1 unspecified atom stereocenters. The lowest BCUT2D eigenvalue weighted by atomic mass is 10.1. The minimum absolute atomic E-state index is 0.540. The van der Waals surface area contributed by atoms with Crippen molar-refractivity contribution in [2.75, 3.05) is 24.5 Å². The van der Waals surface area contributed by atoms with Crippen LogP contribution in [0.3, 0.4) is 0 Å². The lowest BCUT2D eigenvalue weighted by Gasteiger charge is -2.29. The van der Waals surface area contributed by atoms with Gasteiger partial charge in [0.15, 0.2) is 0 Å². The fourth-order valence-corrected chi connectivity index (χ4v) is 2.91. The molecule has 1 fully saturated rings. The Hall–Kier alpha value is -1.24. The minimum Gasteiger partial charge on any atom is -0.370 e. The van der Waals surface area contributed by atoms with E-state index in [1.54, 1.807) is 0 Å². The Morgan fingerprint density at radius 3 is 2.85 bits per heavy atom. The van der Waals surface area contributed by atoms with Crippen LogP contribution in [0.4, 0.5) is 5.69 Å². The summed E-state index contributed by atoms with van der Waals surface area (Å²) in [5, 5.41) is 13.0. The van der Waals surface area contributed by atoms with Crippen molar-refractivity contribution >= 4 is 17.3 Å². The van der Waals surface area contributed by atoms with E-state index in [4.69, 9.17) is 16.9 Å². The van der Waals surface area contributed by atoms with Crippen molar-refractivity contribution in [1.82, 2.24) is 5.32 Å². The van der Waals surface area contributed by atoms with Gasteiger partial charge >= 0.3 is 0 Å². The molecule has 1 N–H and O–H groups in total. The SMILES string of the molecule is CC(C)CN(CC1CCCN1)c1ccc(C#N)c(Cl)c1. The highest BCUT2D eigenvalue weighted by atomic mass is 35.5. The molecule has 108 valence electrons. The molecule has 20 heavy (non-hydrogen) atoms. The first kappa shape index (κ1) is 15.2. The number of nitrogens with zero attached hydrogens (tertiary/aromatic N) is 2. The third-order valence-electron chi connectivity index (χ3n) is 3.63. The van der Waals surface area contributed by atoms with E-state index in [9.17, 15) is 0 Å². The first-order valence-electron chi connectivity index (χ1n) is 7.28. The van der Waals surface area contributed by atoms with Gasteiger partial charge in [0.25, 0.3) is 0 Å². The van der Waals surface area contributed by atoms with Crippen LogP contribution in [0.15, 0.2) is 18.2 Å². The van der Waals surface area contributed by atoms with E-state index < -0.39 is 0 Å². The monoisotopic (exact) mass is 291 g/mol. The summed E-state index contributed by atoms with van der Waals surface area (Å²) in [7, 11) is 0. The van der Waals surface area contributed by atoms with Gasteiger partial charge in [0.05, 0.1) is 10.6 Å². The van der Waals surface area contributed by atoms with Crippen LogP contribution in [0, 0.1) is 17.2 Å². The van der Waals surface area contributed by atoms with Gasteiger partial charge in [0.1, 0.15) is 6.07 Å². The number of hydrogen-bond donors (Lipinski definition) is 1. The molecule has 0 spiro atoms. The summed E-state index contributed by atoms with van der Waals surface area (Å²) in [4.78, 5) is 2.38. The first-order chi connectivity index (χ1) is 9.60. The van der Waals surface area contributed by atoms with Gasteiger partial charge < -0.3 is 10.2 Å². The zero-order chi connectivity index (χ0) is 14.5. The molecule has 2 rings (SSSR count). The zero-order valence-electron chi connectivity index (χ0n) is 12.2. The predicted molar refractivity (Wildman–Crippen MR) is 84.2 cm³/mol. The van der Waals surface area contributed by atoms with Crippen LogP contribution in [-0.2, 0) is 0 Å². The summed E-state index contributed by atoms with van der Waals surface area (Å²) < 4.78 is 0. The van der Waals surface area contributed by atoms with Gasteiger partial charge in [-0.15, -0.1) is 0 Å². The molecule has 1 aliphatic rings. The first-order valence-corrected chi connectivity index (χ1v) is 7.66. The highest BCUT2D eigenvalue weighted by molar-refractivity contribution is 6.32. The molecule has 1 aromatic rings. The number of nitrogens with one attached hydrogen (secondary N) is 1. The molecule has 0 bridgehead atoms. The van der Waals surface area contributed by atoms with Crippen LogP contribution in [0.2, 0.25) is 5.02 Å². The zero-order valence-corrected chi connectivity index (χ0v) is 13.0. The van der Waals surface area contributed by atoms with Crippen molar-refractivity contribution in [3.8, 4) is 6.07 Å². The molecule has 1 saturated heterocycles. The molecule has 0 aromatic heterocycles. The molecule has 1 atom stereocenters. The summed E-state index contributed by atoms with van der Waals surface area (Å²) in [6.45, 7) is 7.57. The Balaban J connectivity index is 2.16.